The Morgan fingerprint density at radius 1 is 1.10 bits per heavy atom. The zero-order valence-corrected chi connectivity index (χ0v) is 11.8. The summed E-state index contributed by atoms with van der Waals surface area (Å²) in [5, 5.41) is 9.34. The zero-order chi connectivity index (χ0) is 14.8. The number of anilines is 2. The first kappa shape index (κ1) is 13.4. The van der Waals surface area contributed by atoms with Gasteiger partial charge in [0.25, 0.3) is 0 Å². The zero-order valence-electron chi connectivity index (χ0n) is 11.1. The molecule has 1 amide bonds. The van der Waals surface area contributed by atoms with Gasteiger partial charge in [0, 0.05) is 5.56 Å². The minimum absolute atomic E-state index is 0.195. The first-order valence-electron chi connectivity index (χ1n) is 6.48. The first-order chi connectivity index (χ1) is 10.2. The Morgan fingerprint density at radius 3 is 2.62 bits per heavy atom. The molecule has 0 spiro atoms. The minimum Gasteiger partial charge on any atom is -0.277 e. The summed E-state index contributed by atoms with van der Waals surface area (Å²) in [7, 11) is 0. The van der Waals surface area contributed by atoms with Crippen LogP contribution < -0.4 is 4.90 Å². The summed E-state index contributed by atoms with van der Waals surface area (Å²) in [6.45, 7) is 0. The SMILES string of the molecule is N#CCC(=O)N1c2ccccc2C=Cc2cccc(Cl)c21. The summed E-state index contributed by atoms with van der Waals surface area (Å²) in [5.41, 5.74) is 3.13. The average molecular weight is 295 g/mol. The van der Waals surface area contributed by atoms with E-state index in [0.717, 1.165) is 16.8 Å². The molecule has 2 aromatic rings. The number of halogens is 1. The molecule has 2 aromatic carbocycles. The van der Waals surface area contributed by atoms with Crippen LogP contribution in [-0.4, -0.2) is 5.91 Å². The molecule has 102 valence electrons. The Hall–Kier alpha value is -2.57. The van der Waals surface area contributed by atoms with Crippen LogP contribution in [0.1, 0.15) is 17.5 Å². The van der Waals surface area contributed by atoms with E-state index < -0.39 is 0 Å². The molecular weight excluding hydrogens is 284 g/mol. The van der Waals surface area contributed by atoms with E-state index >= 15 is 0 Å². The number of nitrogens with zero attached hydrogens (tertiary/aromatic N) is 2. The number of benzene rings is 2. The molecule has 0 saturated carbocycles. The van der Waals surface area contributed by atoms with Crippen molar-refractivity contribution in [2.45, 2.75) is 6.42 Å². The number of amides is 1. The lowest BCUT2D eigenvalue weighted by molar-refractivity contribution is -0.117. The number of hydrogen-bond donors (Lipinski definition) is 0. The van der Waals surface area contributed by atoms with Crippen LogP contribution in [0.25, 0.3) is 12.2 Å². The van der Waals surface area contributed by atoms with Crippen LogP contribution in [0.15, 0.2) is 42.5 Å². The lowest BCUT2D eigenvalue weighted by Gasteiger charge is -2.25. The fourth-order valence-electron chi connectivity index (χ4n) is 2.44. The second kappa shape index (κ2) is 5.43. The maximum absolute atomic E-state index is 12.4. The number of carbonyl (C=O) groups excluding carboxylic acids is 1. The Kier molecular flexibility index (Phi) is 3.47. The van der Waals surface area contributed by atoms with Crippen molar-refractivity contribution >= 4 is 41.0 Å². The summed E-state index contributed by atoms with van der Waals surface area (Å²) >= 11 is 6.31. The Morgan fingerprint density at radius 2 is 1.81 bits per heavy atom. The molecule has 1 aliphatic heterocycles. The summed E-state index contributed by atoms with van der Waals surface area (Å²) in [5.74, 6) is -0.289. The maximum atomic E-state index is 12.4. The van der Waals surface area contributed by atoms with Gasteiger partial charge < -0.3 is 0 Å². The van der Waals surface area contributed by atoms with Crippen LogP contribution in [0, 0.1) is 11.3 Å². The van der Waals surface area contributed by atoms with Crippen molar-refractivity contribution in [2.75, 3.05) is 4.90 Å². The molecule has 0 aromatic heterocycles. The van der Waals surface area contributed by atoms with Crippen molar-refractivity contribution in [1.82, 2.24) is 0 Å². The largest absolute Gasteiger partial charge is 0.277 e. The quantitative estimate of drug-likeness (QED) is 0.782. The smallest absolute Gasteiger partial charge is 0.245 e. The van der Waals surface area contributed by atoms with Gasteiger partial charge in [-0.2, -0.15) is 5.26 Å². The van der Waals surface area contributed by atoms with Crippen LogP contribution >= 0.6 is 11.6 Å². The molecule has 1 aliphatic rings. The van der Waals surface area contributed by atoms with Gasteiger partial charge in [0.2, 0.25) is 5.91 Å². The second-order valence-electron chi connectivity index (χ2n) is 4.63. The van der Waals surface area contributed by atoms with E-state index in [1.165, 1.54) is 4.90 Å². The van der Waals surface area contributed by atoms with Gasteiger partial charge in [0.15, 0.2) is 0 Å². The highest BCUT2D eigenvalue weighted by Crippen LogP contribution is 2.40. The molecular formula is C17H11ClN2O. The average Bonchev–Trinajstić information content (AvgIpc) is 2.65. The minimum atomic E-state index is -0.289. The van der Waals surface area contributed by atoms with Crippen molar-refractivity contribution in [1.29, 1.82) is 5.26 Å². The molecule has 0 radical (unpaired) electrons. The molecule has 0 atom stereocenters. The highest BCUT2D eigenvalue weighted by Gasteiger charge is 2.25. The van der Waals surface area contributed by atoms with E-state index in [1.54, 1.807) is 6.07 Å². The molecule has 3 rings (SSSR count). The predicted octanol–water partition coefficient (Wildman–Crippen LogP) is 4.40. The number of carbonyl (C=O) groups is 1. The van der Waals surface area contributed by atoms with Gasteiger partial charge in [-0.25, -0.2) is 0 Å². The predicted molar refractivity (Wildman–Crippen MR) is 84.2 cm³/mol. The van der Waals surface area contributed by atoms with Crippen molar-refractivity contribution in [3.63, 3.8) is 0 Å². The normalized spacial score (nSPS) is 12.1. The topological polar surface area (TPSA) is 44.1 Å². The van der Waals surface area contributed by atoms with E-state index in [4.69, 9.17) is 16.9 Å². The molecule has 3 nitrogen and oxygen atoms in total. The van der Waals surface area contributed by atoms with Crippen molar-refractivity contribution in [2.24, 2.45) is 0 Å². The fraction of sp³-hybridized carbons (Fsp3) is 0.0588. The van der Waals surface area contributed by atoms with Gasteiger partial charge in [0.05, 0.1) is 22.5 Å². The standard InChI is InChI=1S/C17H11ClN2O/c18-14-6-3-5-13-9-8-12-4-1-2-7-15(12)20(17(13)14)16(21)10-11-19/h1-9H,10H2. The third-order valence-electron chi connectivity index (χ3n) is 3.34. The number of rotatable bonds is 1. The Labute approximate surface area is 127 Å². The maximum Gasteiger partial charge on any atom is 0.245 e. The van der Waals surface area contributed by atoms with Crippen LogP contribution in [0.3, 0.4) is 0 Å². The van der Waals surface area contributed by atoms with Gasteiger partial charge in [-0.05, 0) is 17.7 Å². The molecule has 0 unspecified atom stereocenters. The van der Waals surface area contributed by atoms with Crippen molar-refractivity contribution in [3.05, 3.63) is 58.6 Å². The highest BCUT2D eigenvalue weighted by atomic mass is 35.5. The molecule has 0 saturated heterocycles. The molecule has 0 fully saturated rings. The summed E-state index contributed by atoms with van der Waals surface area (Å²) in [6.07, 6.45) is 3.68. The lowest BCUT2D eigenvalue weighted by Crippen LogP contribution is -2.26. The second-order valence-corrected chi connectivity index (χ2v) is 5.04. The number of para-hydroxylation sites is 2. The Balaban J connectivity index is 2.29. The highest BCUT2D eigenvalue weighted by molar-refractivity contribution is 6.35. The van der Waals surface area contributed by atoms with Crippen LogP contribution in [0.5, 0.6) is 0 Å². The summed E-state index contributed by atoms with van der Waals surface area (Å²) < 4.78 is 0. The van der Waals surface area contributed by atoms with Crippen LogP contribution in [-0.2, 0) is 4.79 Å². The lowest BCUT2D eigenvalue weighted by atomic mass is 10.1. The van der Waals surface area contributed by atoms with Gasteiger partial charge in [-0.15, -0.1) is 0 Å². The first-order valence-corrected chi connectivity index (χ1v) is 6.85. The molecule has 0 bridgehead atoms. The van der Waals surface area contributed by atoms with E-state index in [2.05, 4.69) is 0 Å². The molecule has 0 aliphatic carbocycles. The van der Waals surface area contributed by atoms with Crippen LogP contribution in [0.2, 0.25) is 5.02 Å². The summed E-state index contributed by atoms with van der Waals surface area (Å²) in [6, 6.07) is 15.0. The van der Waals surface area contributed by atoms with E-state index in [9.17, 15) is 4.79 Å². The molecule has 21 heavy (non-hydrogen) atoms. The van der Waals surface area contributed by atoms with Gasteiger partial charge in [-0.1, -0.05) is 54.1 Å². The molecule has 4 heteroatoms. The van der Waals surface area contributed by atoms with E-state index in [-0.39, 0.29) is 12.3 Å². The molecule has 0 N–H and O–H groups in total. The van der Waals surface area contributed by atoms with Crippen LogP contribution in [0.4, 0.5) is 11.4 Å². The number of hydrogen-bond acceptors (Lipinski definition) is 2. The fourth-order valence-corrected chi connectivity index (χ4v) is 2.71. The van der Waals surface area contributed by atoms with Gasteiger partial charge in [0.1, 0.15) is 6.42 Å². The summed E-state index contributed by atoms with van der Waals surface area (Å²) in [4.78, 5) is 14.0. The third-order valence-corrected chi connectivity index (χ3v) is 3.65. The van der Waals surface area contributed by atoms with E-state index in [1.807, 2.05) is 54.6 Å². The number of fused-ring (bicyclic) bond motifs is 2. The third kappa shape index (κ3) is 2.31. The van der Waals surface area contributed by atoms with E-state index in [0.29, 0.717) is 10.7 Å². The monoisotopic (exact) mass is 294 g/mol. The van der Waals surface area contributed by atoms with Gasteiger partial charge >= 0.3 is 0 Å². The van der Waals surface area contributed by atoms with Crippen molar-refractivity contribution < 1.29 is 4.79 Å². The Bertz CT molecular complexity index is 790. The number of nitriles is 1. The molecule has 1 heterocycles. The van der Waals surface area contributed by atoms with Crippen molar-refractivity contribution in [3.8, 4) is 6.07 Å². The van der Waals surface area contributed by atoms with Gasteiger partial charge in [-0.3, -0.25) is 9.69 Å².